The van der Waals surface area contributed by atoms with Crippen molar-refractivity contribution in [1.82, 2.24) is 19.8 Å². The minimum absolute atomic E-state index is 0.00745. The fraction of sp³-hybridized carbons (Fsp3) is 0.273. The molecule has 0 saturated carbocycles. The van der Waals surface area contributed by atoms with Gasteiger partial charge in [0.25, 0.3) is 5.91 Å². The van der Waals surface area contributed by atoms with Crippen LogP contribution in [-0.2, 0) is 6.54 Å². The van der Waals surface area contributed by atoms with Gasteiger partial charge in [0.15, 0.2) is 10.9 Å². The van der Waals surface area contributed by atoms with E-state index < -0.39 is 5.82 Å². The molecule has 3 aromatic rings. The van der Waals surface area contributed by atoms with E-state index in [2.05, 4.69) is 20.2 Å². The highest BCUT2D eigenvalue weighted by Crippen LogP contribution is 2.34. The summed E-state index contributed by atoms with van der Waals surface area (Å²) in [5.41, 5.74) is 1.31. The largest absolute Gasteiger partial charge is 0.333 e. The van der Waals surface area contributed by atoms with Crippen LogP contribution in [-0.4, -0.2) is 57.1 Å². The number of likely N-dealkylation sites (tertiary alicyclic amines) is 2. The second kappa shape index (κ2) is 8.57. The van der Waals surface area contributed by atoms with Crippen LogP contribution in [0.2, 0.25) is 5.02 Å². The van der Waals surface area contributed by atoms with E-state index in [1.165, 1.54) is 23.5 Å². The first-order valence-corrected chi connectivity index (χ1v) is 11.4. The lowest BCUT2D eigenvalue weighted by Crippen LogP contribution is -2.48. The minimum Gasteiger partial charge on any atom is -0.333 e. The first-order valence-electron chi connectivity index (χ1n) is 10.1. The molecule has 1 aromatic carbocycles. The molecule has 5 rings (SSSR count). The van der Waals surface area contributed by atoms with Gasteiger partial charge in [-0.25, -0.2) is 14.4 Å². The third-order valence-corrected chi connectivity index (χ3v) is 6.85. The maximum atomic E-state index is 14.3. The standard InChI is InChI=1S/C22H19ClFN5O2S/c23-18-3-1-2-17(20(18)24)21(31)29-11-15-8-16(29)10-28(15)9-14-6-13(12-30)7-19(26-14)27-22-25-4-5-32-22/h1-7,12,15-16H,8-11H2,(H,25,26,27)/t15-,16-/m1/s1. The number of carbonyl (C=O) groups excluding carboxylic acids is 2. The summed E-state index contributed by atoms with van der Waals surface area (Å²) < 4.78 is 14.3. The number of anilines is 2. The highest BCUT2D eigenvalue weighted by molar-refractivity contribution is 7.13. The number of fused-ring (bicyclic) bond motifs is 2. The molecule has 7 nitrogen and oxygen atoms in total. The SMILES string of the molecule is O=Cc1cc(CN2C[C@H]3C[C@@H]2CN3C(=O)c2cccc(Cl)c2F)nc(Nc2nccs2)c1. The van der Waals surface area contributed by atoms with Crippen molar-refractivity contribution in [3.63, 3.8) is 0 Å². The predicted octanol–water partition coefficient (Wildman–Crippen LogP) is 3.99. The molecule has 0 radical (unpaired) electrons. The van der Waals surface area contributed by atoms with Gasteiger partial charge in [0, 0.05) is 48.9 Å². The van der Waals surface area contributed by atoms with Crippen LogP contribution in [0, 0.1) is 5.82 Å². The molecule has 2 atom stereocenters. The third kappa shape index (κ3) is 3.99. The number of hydrogen-bond donors (Lipinski definition) is 1. The Kier molecular flexibility index (Phi) is 5.62. The van der Waals surface area contributed by atoms with Crippen molar-refractivity contribution in [1.29, 1.82) is 0 Å². The van der Waals surface area contributed by atoms with E-state index >= 15 is 0 Å². The monoisotopic (exact) mass is 471 g/mol. The molecular weight excluding hydrogens is 453 g/mol. The van der Waals surface area contributed by atoms with Gasteiger partial charge in [-0.1, -0.05) is 17.7 Å². The summed E-state index contributed by atoms with van der Waals surface area (Å²) in [4.78, 5) is 37.1. The number of halogens is 2. The van der Waals surface area contributed by atoms with Crippen LogP contribution in [0.1, 0.15) is 32.8 Å². The Morgan fingerprint density at radius 2 is 2.19 bits per heavy atom. The molecule has 2 aliphatic rings. The fourth-order valence-corrected chi connectivity index (χ4v) is 5.15. The molecule has 1 N–H and O–H groups in total. The molecule has 164 valence electrons. The number of aromatic nitrogens is 2. The average molecular weight is 472 g/mol. The molecule has 0 aliphatic carbocycles. The van der Waals surface area contributed by atoms with Crippen molar-refractivity contribution >= 4 is 46.1 Å². The number of hydrogen-bond acceptors (Lipinski definition) is 7. The number of amides is 1. The van der Waals surface area contributed by atoms with Gasteiger partial charge in [-0.05, 0) is 30.7 Å². The van der Waals surface area contributed by atoms with Gasteiger partial charge in [0.2, 0.25) is 0 Å². The second-order valence-electron chi connectivity index (χ2n) is 7.89. The Morgan fingerprint density at radius 1 is 1.31 bits per heavy atom. The van der Waals surface area contributed by atoms with Crippen LogP contribution in [0.15, 0.2) is 41.9 Å². The van der Waals surface area contributed by atoms with E-state index in [9.17, 15) is 14.0 Å². The molecule has 4 heterocycles. The number of piperazine rings is 1. The van der Waals surface area contributed by atoms with Crippen LogP contribution in [0.4, 0.5) is 15.3 Å². The van der Waals surface area contributed by atoms with Gasteiger partial charge in [0.05, 0.1) is 16.3 Å². The number of thiazole rings is 1. The molecule has 2 fully saturated rings. The zero-order valence-corrected chi connectivity index (χ0v) is 18.4. The van der Waals surface area contributed by atoms with E-state index in [1.807, 2.05) is 5.38 Å². The van der Waals surface area contributed by atoms with Crippen LogP contribution in [0.25, 0.3) is 0 Å². The van der Waals surface area contributed by atoms with E-state index in [0.717, 1.165) is 18.4 Å². The maximum Gasteiger partial charge on any atom is 0.257 e. The number of pyridine rings is 1. The molecule has 2 aliphatic heterocycles. The first kappa shape index (κ1) is 21.0. The Hall–Kier alpha value is -2.88. The molecule has 0 unspecified atom stereocenters. The zero-order valence-electron chi connectivity index (χ0n) is 16.9. The number of nitrogens with one attached hydrogen (secondary N) is 1. The molecule has 32 heavy (non-hydrogen) atoms. The van der Waals surface area contributed by atoms with Gasteiger partial charge in [-0.15, -0.1) is 11.3 Å². The van der Waals surface area contributed by atoms with E-state index in [1.54, 1.807) is 29.3 Å². The minimum atomic E-state index is -0.672. The summed E-state index contributed by atoms with van der Waals surface area (Å²) in [5, 5.41) is 5.64. The fourth-order valence-electron chi connectivity index (χ4n) is 4.44. The highest BCUT2D eigenvalue weighted by Gasteiger charge is 2.45. The lowest BCUT2D eigenvalue weighted by molar-refractivity contribution is 0.0610. The Morgan fingerprint density at radius 3 is 2.91 bits per heavy atom. The van der Waals surface area contributed by atoms with E-state index in [0.29, 0.717) is 36.1 Å². The van der Waals surface area contributed by atoms with Crippen molar-refractivity contribution < 1.29 is 14.0 Å². The summed E-state index contributed by atoms with van der Waals surface area (Å²) in [5.74, 6) is -0.431. The molecule has 10 heteroatoms. The van der Waals surface area contributed by atoms with Crippen molar-refractivity contribution in [3.05, 3.63) is 69.6 Å². The van der Waals surface area contributed by atoms with Crippen LogP contribution < -0.4 is 5.32 Å². The van der Waals surface area contributed by atoms with Crippen molar-refractivity contribution in [2.75, 3.05) is 18.4 Å². The quantitative estimate of drug-likeness (QED) is 0.548. The van der Waals surface area contributed by atoms with Gasteiger partial charge >= 0.3 is 0 Å². The Bertz CT molecular complexity index is 1180. The maximum absolute atomic E-state index is 14.3. The third-order valence-electron chi connectivity index (χ3n) is 5.87. The van der Waals surface area contributed by atoms with Gasteiger partial charge in [-0.3, -0.25) is 14.5 Å². The number of aldehydes is 1. The molecule has 0 spiro atoms. The summed E-state index contributed by atoms with van der Waals surface area (Å²) in [6.45, 7) is 1.75. The van der Waals surface area contributed by atoms with Gasteiger partial charge in [0.1, 0.15) is 12.1 Å². The number of benzene rings is 1. The zero-order chi connectivity index (χ0) is 22.2. The summed E-state index contributed by atoms with van der Waals surface area (Å²) in [6, 6.07) is 8.12. The molecule has 2 bridgehead atoms. The highest BCUT2D eigenvalue weighted by atomic mass is 35.5. The van der Waals surface area contributed by atoms with Gasteiger partial charge in [-0.2, -0.15) is 0 Å². The second-order valence-corrected chi connectivity index (χ2v) is 9.19. The molecule has 2 saturated heterocycles. The predicted molar refractivity (Wildman–Crippen MR) is 120 cm³/mol. The van der Waals surface area contributed by atoms with Crippen LogP contribution >= 0.6 is 22.9 Å². The van der Waals surface area contributed by atoms with Crippen LogP contribution in [0.3, 0.4) is 0 Å². The van der Waals surface area contributed by atoms with E-state index in [-0.39, 0.29) is 28.6 Å². The van der Waals surface area contributed by atoms with Crippen molar-refractivity contribution in [3.8, 4) is 0 Å². The molecule has 2 aromatic heterocycles. The number of carbonyl (C=O) groups is 2. The number of rotatable bonds is 6. The normalized spacial score (nSPS) is 20.0. The Balaban J connectivity index is 1.29. The summed E-state index contributed by atoms with van der Waals surface area (Å²) in [7, 11) is 0. The molecular formula is C22H19ClFN5O2S. The van der Waals surface area contributed by atoms with Crippen LogP contribution in [0.5, 0.6) is 0 Å². The smallest absolute Gasteiger partial charge is 0.257 e. The van der Waals surface area contributed by atoms with E-state index in [4.69, 9.17) is 11.6 Å². The summed E-state index contributed by atoms with van der Waals surface area (Å²) >= 11 is 7.29. The Labute approximate surface area is 192 Å². The van der Waals surface area contributed by atoms with Crippen molar-refractivity contribution in [2.24, 2.45) is 0 Å². The molecule has 1 amide bonds. The van der Waals surface area contributed by atoms with Crippen molar-refractivity contribution in [2.45, 2.75) is 25.0 Å². The first-order chi connectivity index (χ1) is 15.5. The van der Waals surface area contributed by atoms with Gasteiger partial charge < -0.3 is 10.2 Å². The lowest BCUT2D eigenvalue weighted by Gasteiger charge is -2.34. The topological polar surface area (TPSA) is 78.4 Å². The summed E-state index contributed by atoms with van der Waals surface area (Å²) in [6.07, 6.45) is 3.32. The lowest BCUT2D eigenvalue weighted by atomic mass is 10.1. The average Bonchev–Trinajstić information content (AvgIpc) is 3.53. The number of nitrogens with zero attached hydrogens (tertiary/aromatic N) is 4.